The van der Waals surface area contributed by atoms with E-state index in [1.165, 1.54) is 18.5 Å². The molecule has 27 heavy (non-hydrogen) atoms. The summed E-state index contributed by atoms with van der Waals surface area (Å²) in [6.45, 7) is 0.248. The van der Waals surface area contributed by atoms with Gasteiger partial charge in [0.25, 0.3) is 0 Å². The standard InChI is InChI=1S/C22H20N2O3.H2/c25-21(22(7-8-22)15-3-6-19-20(11-15)27-12-26-19)23-16-4-5-17-14(9-16)10-18(24-17)13-1-2-13;/h3-6,9-11,13,24H,1-2,7-8,12H2,(H,23,25);1H. The van der Waals surface area contributed by atoms with Crippen molar-refractivity contribution < 1.29 is 15.7 Å². The lowest BCUT2D eigenvalue weighted by molar-refractivity contribution is -0.118. The van der Waals surface area contributed by atoms with Gasteiger partial charge in [0.1, 0.15) is 0 Å². The summed E-state index contributed by atoms with van der Waals surface area (Å²) in [6.07, 6.45) is 4.26. The SMILES string of the molecule is O=C(Nc1ccc2[nH]c(C3CC3)cc2c1)C1(c2ccc3c(c2)OCO3)CC1.[HH]. The molecular formula is C22H22N2O3. The van der Waals surface area contributed by atoms with Crippen molar-refractivity contribution in [3.63, 3.8) is 0 Å². The molecule has 5 nitrogen and oxygen atoms in total. The minimum atomic E-state index is -0.451. The van der Waals surface area contributed by atoms with Crippen LogP contribution < -0.4 is 14.8 Å². The van der Waals surface area contributed by atoms with Crippen molar-refractivity contribution in [3.05, 3.63) is 53.7 Å². The van der Waals surface area contributed by atoms with Gasteiger partial charge >= 0.3 is 0 Å². The molecule has 5 heteroatoms. The molecule has 0 spiro atoms. The average molecular weight is 362 g/mol. The number of hydrogen-bond acceptors (Lipinski definition) is 3. The lowest BCUT2D eigenvalue weighted by Crippen LogP contribution is -2.27. The second kappa shape index (κ2) is 5.28. The van der Waals surface area contributed by atoms with E-state index in [2.05, 4.69) is 28.5 Å². The molecule has 0 unspecified atom stereocenters. The third-order valence-electron chi connectivity index (χ3n) is 6.03. The predicted octanol–water partition coefficient (Wildman–Crippen LogP) is 4.69. The molecular weight excluding hydrogens is 340 g/mol. The number of anilines is 1. The van der Waals surface area contributed by atoms with Gasteiger partial charge < -0.3 is 19.8 Å². The van der Waals surface area contributed by atoms with E-state index in [0.29, 0.717) is 5.92 Å². The van der Waals surface area contributed by atoms with Crippen LogP contribution in [-0.2, 0) is 10.2 Å². The molecule has 1 aromatic heterocycles. The number of rotatable bonds is 4. The third kappa shape index (κ3) is 2.41. The highest BCUT2D eigenvalue weighted by Gasteiger charge is 2.51. The zero-order chi connectivity index (χ0) is 18.0. The maximum absolute atomic E-state index is 13.1. The molecule has 0 saturated heterocycles. The number of fused-ring (bicyclic) bond motifs is 2. The minimum Gasteiger partial charge on any atom is -0.454 e. The number of benzene rings is 2. The van der Waals surface area contributed by atoms with Crippen LogP contribution in [-0.4, -0.2) is 17.7 Å². The molecule has 2 saturated carbocycles. The van der Waals surface area contributed by atoms with E-state index in [9.17, 15) is 4.79 Å². The Balaban J connectivity index is 0.00000171. The molecule has 1 amide bonds. The Morgan fingerprint density at radius 1 is 1.07 bits per heavy atom. The van der Waals surface area contributed by atoms with Crippen molar-refractivity contribution in [3.8, 4) is 11.5 Å². The van der Waals surface area contributed by atoms with Gasteiger partial charge in [-0.3, -0.25) is 4.79 Å². The van der Waals surface area contributed by atoms with Gasteiger partial charge in [-0.25, -0.2) is 0 Å². The first-order chi connectivity index (χ1) is 13.2. The number of carbonyl (C=O) groups is 1. The van der Waals surface area contributed by atoms with Crippen LogP contribution in [0.3, 0.4) is 0 Å². The van der Waals surface area contributed by atoms with Gasteiger partial charge in [0.15, 0.2) is 11.5 Å². The molecule has 1 aliphatic heterocycles. The van der Waals surface area contributed by atoms with E-state index >= 15 is 0 Å². The van der Waals surface area contributed by atoms with E-state index in [0.717, 1.165) is 46.5 Å². The fourth-order valence-corrected chi connectivity index (χ4v) is 4.06. The largest absolute Gasteiger partial charge is 0.454 e. The van der Waals surface area contributed by atoms with Crippen LogP contribution in [0.15, 0.2) is 42.5 Å². The van der Waals surface area contributed by atoms with E-state index in [4.69, 9.17) is 9.47 Å². The van der Waals surface area contributed by atoms with Gasteiger partial charge in [0.05, 0.1) is 5.41 Å². The Morgan fingerprint density at radius 2 is 1.93 bits per heavy atom. The number of H-pyrrole nitrogens is 1. The average Bonchev–Trinajstić information content (AvgIpc) is 3.59. The first-order valence-electron chi connectivity index (χ1n) is 9.56. The predicted molar refractivity (Wildman–Crippen MR) is 104 cm³/mol. The maximum Gasteiger partial charge on any atom is 0.235 e. The third-order valence-corrected chi connectivity index (χ3v) is 6.03. The maximum atomic E-state index is 13.1. The summed E-state index contributed by atoms with van der Waals surface area (Å²) in [6, 6.07) is 14.1. The van der Waals surface area contributed by atoms with E-state index < -0.39 is 5.41 Å². The Bertz CT molecular complexity index is 1080. The number of carbonyl (C=O) groups excluding carboxylic acids is 1. The van der Waals surface area contributed by atoms with Gasteiger partial charge in [-0.15, -0.1) is 0 Å². The summed E-state index contributed by atoms with van der Waals surface area (Å²) in [5.41, 5.74) is 3.84. The Labute approximate surface area is 158 Å². The molecule has 2 aromatic carbocycles. The fraction of sp³-hybridized carbons (Fsp3) is 0.318. The summed E-state index contributed by atoms with van der Waals surface area (Å²) in [5, 5.41) is 4.29. The number of aromatic nitrogens is 1. The second-order valence-electron chi connectivity index (χ2n) is 7.91. The quantitative estimate of drug-likeness (QED) is 0.708. The normalized spacial score (nSPS) is 19.3. The summed E-state index contributed by atoms with van der Waals surface area (Å²) in [7, 11) is 0. The number of amides is 1. The zero-order valence-corrected chi connectivity index (χ0v) is 14.9. The lowest BCUT2D eigenvalue weighted by atomic mass is 9.94. The van der Waals surface area contributed by atoms with Crippen LogP contribution >= 0.6 is 0 Å². The van der Waals surface area contributed by atoms with Crippen molar-refractivity contribution in [2.75, 3.05) is 12.1 Å². The van der Waals surface area contributed by atoms with Crippen LogP contribution in [0.1, 0.15) is 44.3 Å². The molecule has 138 valence electrons. The molecule has 2 aliphatic carbocycles. The van der Waals surface area contributed by atoms with Gasteiger partial charge in [-0.05, 0) is 73.6 Å². The minimum absolute atomic E-state index is 0. The molecule has 0 radical (unpaired) electrons. The van der Waals surface area contributed by atoms with Crippen LogP contribution in [0.2, 0.25) is 0 Å². The van der Waals surface area contributed by atoms with Gasteiger partial charge in [-0.1, -0.05) is 6.07 Å². The molecule has 6 rings (SSSR count). The molecule has 3 aliphatic rings. The highest BCUT2D eigenvalue weighted by Crippen LogP contribution is 2.51. The summed E-state index contributed by atoms with van der Waals surface area (Å²) in [5.74, 6) is 2.22. The molecule has 3 aromatic rings. The summed E-state index contributed by atoms with van der Waals surface area (Å²) in [4.78, 5) is 16.6. The van der Waals surface area contributed by atoms with Crippen LogP contribution in [0, 0.1) is 0 Å². The van der Waals surface area contributed by atoms with Crippen molar-refractivity contribution in [1.82, 2.24) is 4.98 Å². The fourth-order valence-electron chi connectivity index (χ4n) is 4.06. The first-order valence-corrected chi connectivity index (χ1v) is 9.56. The second-order valence-corrected chi connectivity index (χ2v) is 7.91. The van der Waals surface area contributed by atoms with Crippen molar-refractivity contribution >= 4 is 22.5 Å². The van der Waals surface area contributed by atoms with Gasteiger partial charge in [-0.2, -0.15) is 0 Å². The number of aromatic amines is 1. The van der Waals surface area contributed by atoms with Crippen LogP contribution in [0.25, 0.3) is 10.9 Å². The van der Waals surface area contributed by atoms with E-state index in [1.54, 1.807) is 0 Å². The Morgan fingerprint density at radius 3 is 2.74 bits per heavy atom. The van der Waals surface area contributed by atoms with Crippen LogP contribution in [0.4, 0.5) is 5.69 Å². The highest BCUT2D eigenvalue weighted by molar-refractivity contribution is 6.02. The monoisotopic (exact) mass is 362 g/mol. The molecule has 2 N–H and O–H groups in total. The Hall–Kier alpha value is -2.95. The lowest BCUT2D eigenvalue weighted by Gasteiger charge is -2.16. The van der Waals surface area contributed by atoms with Gasteiger partial charge in [0, 0.05) is 23.7 Å². The first kappa shape index (κ1) is 15.1. The zero-order valence-electron chi connectivity index (χ0n) is 14.9. The smallest absolute Gasteiger partial charge is 0.235 e. The molecule has 0 atom stereocenters. The number of nitrogens with one attached hydrogen (secondary N) is 2. The molecule has 0 bridgehead atoms. The van der Waals surface area contributed by atoms with Crippen LogP contribution in [0.5, 0.6) is 11.5 Å². The van der Waals surface area contributed by atoms with E-state index in [-0.39, 0.29) is 14.1 Å². The highest BCUT2D eigenvalue weighted by atomic mass is 16.7. The topological polar surface area (TPSA) is 63.4 Å². The van der Waals surface area contributed by atoms with Crippen molar-refractivity contribution in [1.29, 1.82) is 0 Å². The Kier molecular flexibility index (Phi) is 2.96. The molecule has 2 fully saturated rings. The number of ether oxygens (including phenoxy) is 2. The van der Waals surface area contributed by atoms with E-state index in [1.807, 2.05) is 24.3 Å². The van der Waals surface area contributed by atoms with Gasteiger partial charge in [0.2, 0.25) is 12.7 Å². The van der Waals surface area contributed by atoms with Crippen molar-refractivity contribution in [2.24, 2.45) is 0 Å². The molecule has 2 heterocycles. The van der Waals surface area contributed by atoms with Crippen molar-refractivity contribution in [2.45, 2.75) is 37.0 Å². The summed E-state index contributed by atoms with van der Waals surface area (Å²) >= 11 is 0. The number of hydrogen-bond donors (Lipinski definition) is 2. The summed E-state index contributed by atoms with van der Waals surface area (Å²) < 4.78 is 10.9.